The lowest BCUT2D eigenvalue weighted by molar-refractivity contribution is -0.137. The Morgan fingerprint density at radius 3 is 2.58 bits per heavy atom. The molecule has 19 heavy (non-hydrogen) atoms. The van der Waals surface area contributed by atoms with Crippen molar-refractivity contribution in [1.29, 1.82) is 0 Å². The highest BCUT2D eigenvalue weighted by molar-refractivity contribution is 7.89. The zero-order valence-electron chi connectivity index (χ0n) is 10.7. The first kappa shape index (κ1) is 14.0. The maximum Gasteiger partial charge on any atom is 0.304 e. The SMILES string of the molecule is Cc1ccc(S(=O)(=O)N2CCC[C@@H]2CC(=O)O)cc1. The Hall–Kier alpha value is -1.40. The van der Waals surface area contributed by atoms with Gasteiger partial charge in [0.15, 0.2) is 0 Å². The quantitative estimate of drug-likeness (QED) is 0.911. The van der Waals surface area contributed by atoms with Crippen LogP contribution >= 0.6 is 0 Å². The molecule has 0 unspecified atom stereocenters. The van der Waals surface area contributed by atoms with Gasteiger partial charge >= 0.3 is 5.97 Å². The Labute approximate surface area is 112 Å². The van der Waals surface area contributed by atoms with Gasteiger partial charge in [0.25, 0.3) is 0 Å². The van der Waals surface area contributed by atoms with E-state index >= 15 is 0 Å². The first-order valence-electron chi connectivity index (χ1n) is 6.21. The van der Waals surface area contributed by atoms with Crippen LogP contribution in [0.25, 0.3) is 0 Å². The molecule has 0 aliphatic carbocycles. The van der Waals surface area contributed by atoms with E-state index in [0.717, 1.165) is 5.56 Å². The van der Waals surface area contributed by atoms with Crippen molar-refractivity contribution in [3.8, 4) is 0 Å². The van der Waals surface area contributed by atoms with Gasteiger partial charge in [0.1, 0.15) is 0 Å². The smallest absolute Gasteiger partial charge is 0.304 e. The zero-order chi connectivity index (χ0) is 14.0. The molecule has 5 nitrogen and oxygen atoms in total. The van der Waals surface area contributed by atoms with Crippen LogP contribution in [0, 0.1) is 6.92 Å². The first-order chi connectivity index (χ1) is 8.91. The molecule has 0 saturated carbocycles. The number of nitrogens with zero attached hydrogens (tertiary/aromatic N) is 1. The molecule has 0 aromatic heterocycles. The Bertz CT molecular complexity index is 565. The number of aliphatic carboxylic acids is 1. The number of rotatable bonds is 4. The van der Waals surface area contributed by atoms with Gasteiger partial charge in [0, 0.05) is 12.6 Å². The average Bonchev–Trinajstić information content (AvgIpc) is 2.77. The van der Waals surface area contributed by atoms with Crippen molar-refractivity contribution in [3.05, 3.63) is 29.8 Å². The van der Waals surface area contributed by atoms with E-state index in [9.17, 15) is 13.2 Å². The molecule has 6 heteroatoms. The van der Waals surface area contributed by atoms with Crippen molar-refractivity contribution >= 4 is 16.0 Å². The second-order valence-corrected chi connectivity index (χ2v) is 6.71. The molecule has 0 spiro atoms. The largest absolute Gasteiger partial charge is 0.481 e. The lowest BCUT2D eigenvalue weighted by Gasteiger charge is -2.22. The fourth-order valence-corrected chi connectivity index (χ4v) is 4.07. The second kappa shape index (κ2) is 5.30. The van der Waals surface area contributed by atoms with E-state index in [1.54, 1.807) is 24.3 Å². The van der Waals surface area contributed by atoms with Crippen LogP contribution in [0.1, 0.15) is 24.8 Å². The van der Waals surface area contributed by atoms with Crippen LogP contribution in [-0.4, -0.2) is 36.4 Å². The normalized spacial score (nSPS) is 20.6. The maximum absolute atomic E-state index is 12.5. The van der Waals surface area contributed by atoms with Crippen molar-refractivity contribution in [2.24, 2.45) is 0 Å². The highest BCUT2D eigenvalue weighted by Crippen LogP contribution is 2.27. The highest BCUT2D eigenvalue weighted by atomic mass is 32.2. The van der Waals surface area contributed by atoms with E-state index in [1.807, 2.05) is 6.92 Å². The standard InChI is InChI=1S/C13H17NO4S/c1-10-4-6-12(7-5-10)19(17,18)14-8-2-3-11(14)9-13(15)16/h4-7,11H,2-3,8-9H2,1H3,(H,15,16)/t11-/m1/s1. The van der Waals surface area contributed by atoms with Crippen molar-refractivity contribution in [2.45, 2.75) is 37.1 Å². The summed E-state index contributed by atoms with van der Waals surface area (Å²) in [5, 5.41) is 8.84. The highest BCUT2D eigenvalue weighted by Gasteiger charge is 2.36. The average molecular weight is 283 g/mol. The molecular formula is C13H17NO4S. The predicted octanol–water partition coefficient (Wildman–Crippen LogP) is 1.62. The second-order valence-electron chi connectivity index (χ2n) is 4.82. The van der Waals surface area contributed by atoms with Crippen molar-refractivity contribution in [1.82, 2.24) is 4.31 Å². The lowest BCUT2D eigenvalue weighted by atomic mass is 10.2. The number of carboxylic acid groups (broad SMARTS) is 1. The minimum Gasteiger partial charge on any atom is -0.481 e. The summed E-state index contributed by atoms with van der Waals surface area (Å²) in [6.07, 6.45) is 1.19. The van der Waals surface area contributed by atoms with Crippen LogP contribution in [0.2, 0.25) is 0 Å². The van der Waals surface area contributed by atoms with Crippen LogP contribution in [0.4, 0.5) is 0 Å². The van der Waals surface area contributed by atoms with Gasteiger partial charge in [-0.2, -0.15) is 4.31 Å². The third-order valence-electron chi connectivity index (χ3n) is 3.36. The third-order valence-corrected chi connectivity index (χ3v) is 5.33. The van der Waals surface area contributed by atoms with Gasteiger partial charge in [0.2, 0.25) is 10.0 Å². The number of hydrogen-bond acceptors (Lipinski definition) is 3. The van der Waals surface area contributed by atoms with E-state index in [0.29, 0.717) is 19.4 Å². The van der Waals surface area contributed by atoms with Gasteiger partial charge in [-0.1, -0.05) is 17.7 Å². The van der Waals surface area contributed by atoms with Crippen LogP contribution in [-0.2, 0) is 14.8 Å². The molecule has 1 fully saturated rings. The van der Waals surface area contributed by atoms with E-state index in [4.69, 9.17) is 5.11 Å². The summed E-state index contributed by atoms with van der Waals surface area (Å²) in [7, 11) is -3.58. The molecule has 0 bridgehead atoms. The number of carboxylic acids is 1. The monoisotopic (exact) mass is 283 g/mol. The summed E-state index contributed by atoms with van der Waals surface area (Å²) in [5.41, 5.74) is 0.988. The third kappa shape index (κ3) is 2.96. The molecule has 2 rings (SSSR count). The molecule has 1 atom stereocenters. The summed E-state index contributed by atoms with van der Waals surface area (Å²) in [6, 6.07) is 6.20. The minimum atomic E-state index is -3.58. The summed E-state index contributed by atoms with van der Waals surface area (Å²) in [5.74, 6) is -0.962. The first-order valence-corrected chi connectivity index (χ1v) is 7.65. The number of sulfonamides is 1. The van der Waals surface area contributed by atoms with Crippen LogP contribution in [0.3, 0.4) is 0 Å². The van der Waals surface area contributed by atoms with Crippen molar-refractivity contribution in [3.63, 3.8) is 0 Å². The Morgan fingerprint density at radius 1 is 1.37 bits per heavy atom. The van der Waals surface area contributed by atoms with Crippen molar-refractivity contribution in [2.75, 3.05) is 6.54 Å². The summed E-state index contributed by atoms with van der Waals surface area (Å²) < 4.78 is 26.3. The Morgan fingerprint density at radius 2 is 2.00 bits per heavy atom. The Kier molecular flexibility index (Phi) is 3.91. The van der Waals surface area contributed by atoms with E-state index in [2.05, 4.69) is 0 Å². The van der Waals surface area contributed by atoms with Crippen LogP contribution < -0.4 is 0 Å². The molecule has 1 heterocycles. The van der Waals surface area contributed by atoms with Gasteiger partial charge < -0.3 is 5.11 Å². The fourth-order valence-electron chi connectivity index (χ4n) is 2.38. The van der Waals surface area contributed by atoms with E-state index in [-0.39, 0.29) is 11.3 Å². The summed E-state index contributed by atoms with van der Waals surface area (Å²) in [6.45, 7) is 2.29. The number of benzene rings is 1. The van der Waals surface area contributed by atoms with Crippen LogP contribution in [0.15, 0.2) is 29.2 Å². The topological polar surface area (TPSA) is 74.7 Å². The molecule has 0 radical (unpaired) electrons. The maximum atomic E-state index is 12.5. The zero-order valence-corrected chi connectivity index (χ0v) is 11.6. The molecule has 104 valence electrons. The molecule has 1 aliphatic heterocycles. The molecule has 0 amide bonds. The molecule has 1 N–H and O–H groups in total. The molecule has 1 aliphatic rings. The van der Waals surface area contributed by atoms with Gasteiger partial charge in [0.05, 0.1) is 11.3 Å². The lowest BCUT2D eigenvalue weighted by Crippen LogP contribution is -2.36. The number of hydrogen-bond donors (Lipinski definition) is 1. The minimum absolute atomic E-state index is 0.134. The van der Waals surface area contributed by atoms with Gasteiger partial charge in [-0.15, -0.1) is 0 Å². The molecule has 1 aromatic carbocycles. The predicted molar refractivity (Wildman–Crippen MR) is 70.3 cm³/mol. The number of carbonyl (C=O) groups is 1. The van der Waals surface area contributed by atoms with Gasteiger partial charge in [-0.25, -0.2) is 8.42 Å². The fraction of sp³-hybridized carbons (Fsp3) is 0.462. The molecule has 1 aromatic rings. The summed E-state index contributed by atoms with van der Waals surface area (Å²) >= 11 is 0. The van der Waals surface area contributed by atoms with E-state index < -0.39 is 22.0 Å². The van der Waals surface area contributed by atoms with Crippen LogP contribution in [0.5, 0.6) is 0 Å². The molecule has 1 saturated heterocycles. The van der Waals surface area contributed by atoms with Crippen molar-refractivity contribution < 1.29 is 18.3 Å². The van der Waals surface area contributed by atoms with E-state index in [1.165, 1.54) is 4.31 Å². The van der Waals surface area contributed by atoms with Gasteiger partial charge in [-0.3, -0.25) is 4.79 Å². The Balaban J connectivity index is 2.28. The van der Waals surface area contributed by atoms with Gasteiger partial charge in [-0.05, 0) is 31.9 Å². The molecular weight excluding hydrogens is 266 g/mol. The summed E-state index contributed by atoms with van der Waals surface area (Å²) in [4.78, 5) is 11.0. The number of aryl methyl sites for hydroxylation is 1.